The van der Waals surface area contributed by atoms with Crippen LogP contribution < -0.4 is 4.74 Å². The Kier molecular flexibility index (Phi) is 4.65. The van der Waals surface area contributed by atoms with Crippen LogP contribution in [-0.4, -0.2) is 41.9 Å². The second-order valence-corrected chi connectivity index (χ2v) is 8.66. The third kappa shape index (κ3) is 3.70. The molecule has 1 aliphatic rings. The molecule has 8 heteroatoms. The number of thiophene rings is 1. The fourth-order valence-corrected chi connectivity index (χ4v) is 5.26. The van der Waals surface area contributed by atoms with E-state index in [2.05, 4.69) is 9.97 Å². The summed E-state index contributed by atoms with van der Waals surface area (Å²) in [7, 11) is -3.36. The molecule has 0 spiro atoms. The molecule has 0 saturated carbocycles. The van der Waals surface area contributed by atoms with Gasteiger partial charge in [0.15, 0.2) is 0 Å². The van der Waals surface area contributed by atoms with E-state index in [1.165, 1.54) is 15.6 Å². The largest absolute Gasteiger partial charge is 0.474 e. The van der Waals surface area contributed by atoms with Crippen LogP contribution in [0, 0.1) is 13.8 Å². The summed E-state index contributed by atoms with van der Waals surface area (Å²) in [4.78, 5) is 8.50. The van der Waals surface area contributed by atoms with Crippen molar-refractivity contribution in [3.05, 3.63) is 35.1 Å². The van der Waals surface area contributed by atoms with Crippen molar-refractivity contribution in [3.8, 4) is 5.88 Å². The summed E-state index contributed by atoms with van der Waals surface area (Å²) in [6.07, 6.45) is 1.30. The van der Waals surface area contributed by atoms with Crippen molar-refractivity contribution in [1.29, 1.82) is 0 Å². The summed E-state index contributed by atoms with van der Waals surface area (Å²) in [5, 5.41) is 1.78. The molecule has 0 atom stereocenters. The van der Waals surface area contributed by atoms with Gasteiger partial charge in [0.05, 0.1) is 0 Å². The summed E-state index contributed by atoms with van der Waals surface area (Å²) >= 11 is 1.25. The molecule has 3 heterocycles. The number of nitrogens with zero attached hydrogens (tertiary/aromatic N) is 3. The lowest BCUT2D eigenvalue weighted by Gasteiger charge is -2.30. The Labute approximate surface area is 140 Å². The number of hydrogen-bond donors (Lipinski definition) is 0. The van der Waals surface area contributed by atoms with Crippen LogP contribution in [0.4, 0.5) is 0 Å². The van der Waals surface area contributed by atoms with Crippen molar-refractivity contribution in [2.24, 2.45) is 0 Å². The second-order valence-electron chi connectivity index (χ2n) is 5.55. The number of rotatable bonds is 4. The van der Waals surface area contributed by atoms with Crippen molar-refractivity contribution in [2.45, 2.75) is 37.0 Å². The summed E-state index contributed by atoms with van der Waals surface area (Å²) in [6.45, 7) is 4.66. The van der Waals surface area contributed by atoms with E-state index in [-0.39, 0.29) is 6.10 Å². The number of hydrogen-bond acceptors (Lipinski definition) is 6. The lowest BCUT2D eigenvalue weighted by Crippen LogP contribution is -2.41. The predicted octanol–water partition coefficient (Wildman–Crippen LogP) is 2.39. The van der Waals surface area contributed by atoms with Gasteiger partial charge in [-0.25, -0.2) is 13.4 Å². The van der Waals surface area contributed by atoms with Crippen molar-refractivity contribution in [3.63, 3.8) is 0 Å². The number of aryl methyl sites for hydroxylation is 2. The average molecular weight is 353 g/mol. The van der Waals surface area contributed by atoms with E-state index >= 15 is 0 Å². The van der Waals surface area contributed by atoms with E-state index in [9.17, 15) is 8.42 Å². The fourth-order valence-electron chi connectivity index (χ4n) is 2.64. The second kappa shape index (κ2) is 6.54. The minimum absolute atomic E-state index is 0.0153. The van der Waals surface area contributed by atoms with Crippen LogP contribution in [0.5, 0.6) is 5.88 Å². The van der Waals surface area contributed by atoms with Crippen LogP contribution >= 0.6 is 11.3 Å². The highest BCUT2D eigenvalue weighted by molar-refractivity contribution is 7.91. The van der Waals surface area contributed by atoms with E-state index in [1.54, 1.807) is 17.5 Å². The predicted molar refractivity (Wildman–Crippen MR) is 88.2 cm³/mol. The monoisotopic (exact) mass is 353 g/mol. The molecule has 1 aliphatic heterocycles. The number of sulfonamides is 1. The Hall–Kier alpha value is -1.51. The molecule has 3 rings (SSSR count). The lowest BCUT2D eigenvalue weighted by atomic mass is 10.1. The quantitative estimate of drug-likeness (QED) is 0.844. The van der Waals surface area contributed by atoms with Gasteiger partial charge in [-0.2, -0.15) is 9.29 Å². The summed E-state index contributed by atoms with van der Waals surface area (Å²) in [5.74, 6) is 1.24. The van der Waals surface area contributed by atoms with Crippen molar-refractivity contribution in [1.82, 2.24) is 14.3 Å². The Morgan fingerprint density at radius 1 is 1.26 bits per heavy atom. The smallest absolute Gasteiger partial charge is 0.252 e. The highest BCUT2D eigenvalue weighted by atomic mass is 32.2. The van der Waals surface area contributed by atoms with Gasteiger partial charge in [0.25, 0.3) is 10.0 Å². The zero-order valence-electron chi connectivity index (χ0n) is 13.1. The molecule has 0 amide bonds. The lowest BCUT2D eigenvalue weighted by molar-refractivity contribution is 0.129. The van der Waals surface area contributed by atoms with Gasteiger partial charge in [0.2, 0.25) is 5.88 Å². The third-order valence-electron chi connectivity index (χ3n) is 3.72. The first-order valence-corrected chi connectivity index (χ1v) is 9.80. The van der Waals surface area contributed by atoms with Crippen molar-refractivity contribution in [2.75, 3.05) is 13.1 Å². The normalized spacial score (nSPS) is 17.3. The van der Waals surface area contributed by atoms with Gasteiger partial charge in [-0.1, -0.05) is 6.07 Å². The molecule has 0 bridgehead atoms. The minimum Gasteiger partial charge on any atom is -0.474 e. The maximum absolute atomic E-state index is 12.5. The molecule has 2 aromatic heterocycles. The number of ether oxygens (including phenoxy) is 1. The molecular formula is C15H19N3O3S2. The van der Waals surface area contributed by atoms with Gasteiger partial charge in [0.1, 0.15) is 16.1 Å². The molecule has 1 saturated heterocycles. The first-order chi connectivity index (χ1) is 10.9. The highest BCUT2D eigenvalue weighted by Crippen LogP contribution is 2.25. The average Bonchev–Trinajstić information content (AvgIpc) is 3.01. The molecule has 0 aliphatic carbocycles. The summed E-state index contributed by atoms with van der Waals surface area (Å²) in [5.41, 5.74) is 0.866. The SMILES string of the molecule is Cc1cc(OC2CCN(S(=O)(=O)c3cccs3)CC2)nc(C)n1. The topological polar surface area (TPSA) is 72.4 Å². The molecule has 0 unspecified atom stereocenters. The van der Waals surface area contributed by atoms with Gasteiger partial charge in [-0.05, 0) is 38.1 Å². The standard InChI is InChI=1S/C15H19N3O3S2/c1-11-10-14(17-12(2)16-11)21-13-5-7-18(8-6-13)23(19,20)15-4-3-9-22-15/h3-4,9-10,13H,5-8H2,1-2H3. The number of aromatic nitrogens is 2. The summed E-state index contributed by atoms with van der Waals surface area (Å²) in [6, 6.07) is 5.21. The maximum Gasteiger partial charge on any atom is 0.252 e. The molecule has 0 aromatic carbocycles. The molecule has 6 nitrogen and oxygen atoms in total. The van der Waals surface area contributed by atoms with E-state index in [0.29, 0.717) is 41.8 Å². The van der Waals surface area contributed by atoms with Crippen LogP contribution in [0.3, 0.4) is 0 Å². The molecule has 0 radical (unpaired) electrons. The molecule has 23 heavy (non-hydrogen) atoms. The zero-order chi connectivity index (χ0) is 16.4. The maximum atomic E-state index is 12.5. The van der Waals surface area contributed by atoms with E-state index < -0.39 is 10.0 Å². The van der Waals surface area contributed by atoms with E-state index in [1.807, 2.05) is 19.9 Å². The minimum atomic E-state index is -3.36. The van der Waals surface area contributed by atoms with Crippen LogP contribution in [0.2, 0.25) is 0 Å². The van der Waals surface area contributed by atoms with Gasteiger partial charge in [0, 0.05) is 24.8 Å². The molecular weight excluding hydrogens is 334 g/mol. The highest BCUT2D eigenvalue weighted by Gasteiger charge is 2.30. The Bertz CT molecular complexity index is 747. The Morgan fingerprint density at radius 3 is 2.61 bits per heavy atom. The van der Waals surface area contributed by atoms with Gasteiger partial charge >= 0.3 is 0 Å². The van der Waals surface area contributed by atoms with Gasteiger partial charge in [-0.15, -0.1) is 11.3 Å². The zero-order valence-corrected chi connectivity index (χ0v) is 14.7. The molecule has 2 aromatic rings. The first kappa shape index (κ1) is 16.4. The van der Waals surface area contributed by atoms with Crippen LogP contribution in [0.25, 0.3) is 0 Å². The fraction of sp³-hybridized carbons (Fsp3) is 0.467. The van der Waals surface area contributed by atoms with E-state index in [4.69, 9.17) is 4.74 Å². The number of piperidine rings is 1. The third-order valence-corrected chi connectivity index (χ3v) is 6.99. The van der Waals surface area contributed by atoms with Crippen LogP contribution in [0.1, 0.15) is 24.4 Å². The van der Waals surface area contributed by atoms with Gasteiger partial charge in [-0.3, -0.25) is 0 Å². The van der Waals surface area contributed by atoms with Gasteiger partial charge < -0.3 is 4.74 Å². The van der Waals surface area contributed by atoms with E-state index in [0.717, 1.165) is 5.69 Å². The van der Waals surface area contributed by atoms with Crippen molar-refractivity contribution >= 4 is 21.4 Å². The molecule has 124 valence electrons. The van der Waals surface area contributed by atoms with Crippen LogP contribution in [-0.2, 0) is 10.0 Å². The Morgan fingerprint density at radius 2 is 2.00 bits per heavy atom. The molecule has 1 fully saturated rings. The van der Waals surface area contributed by atoms with Crippen LogP contribution in [0.15, 0.2) is 27.8 Å². The Balaban J connectivity index is 1.62. The molecule has 0 N–H and O–H groups in total. The summed E-state index contributed by atoms with van der Waals surface area (Å²) < 4.78 is 32.8. The first-order valence-electron chi connectivity index (χ1n) is 7.48. The van der Waals surface area contributed by atoms with Crippen molar-refractivity contribution < 1.29 is 13.2 Å².